The van der Waals surface area contributed by atoms with E-state index in [1.54, 1.807) is 55.5 Å². The number of carbonyl (C=O) groups is 1. The van der Waals surface area contributed by atoms with Crippen LogP contribution < -0.4 is 10.1 Å². The molecule has 2 N–H and O–H groups in total. The Hall–Kier alpha value is -3.78. The van der Waals surface area contributed by atoms with Crippen LogP contribution in [-0.4, -0.2) is 42.1 Å². The number of alkyl halides is 3. The summed E-state index contributed by atoms with van der Waals surface area (Å²) in [6.45, 7) is 2.51. The highest BCUT2D eigenvalue weighted by Crippen LogP contribution is 2.45. The van der Waals surface area contributed by atoms with E-state index < -0.39 is 29.9 Å². The van der Waals surface area contributed by atoms with Gasteiger partial charge in [0.05, 0.1) is 29.8 Å². The van der Waals surface area contributed by atoms with E-state index in [0.717, 1.165) is 23.6 Å². The van der Waals surface area contributed by atoms with Crippen LogP contribution in [0.2, 0.25) is 10.0 Å². The molecule has 0 bridgehead atoms. The van der Waals surface area contributed by atoms with Crippen molar-refractivity contribution < 1.29 is 27.8 Å². The monoisotopic (exact) mass is 606 g/mol. The normalized spacial score (nSPS) is 16.3. The summed E-state index contributed by atoms with van der Waals surface area (Å²) in [6.07, 6.45) is -5.30. The number of nitrogens with one attached hydrogen (secondary N) is 1. The minimum atomic E-state index is -4.59. The molecule has 1 aliphatic heterocycles. The quantitative estimate of drug-likeness (QED) is 0.268. The Labute approximate surface area is 245 Å². The Morgan fingerprint density at radius 3 is 2.12 bits per heavy atom. The standard InChI is InChI=1S/C25H19Cl2F3N2O3.C4H8N2/c1-2-35-20-13-16(25(28,29)30)7-12-19(20)23-31-21(14-3-8-17(26)9-4-14)22(32(23)24(33)34)15-5-10-18(27)11-6-15;1-6-4-2-3-5/h3-13,21-22H,2H2,1H3,(H,33,34);6H,2,4H2,1H3. The van der Waals surface area contributed by atoms with Gasteiger partial charge in [0, 0.05) is 23.0 Å². The SMILES string of the molecule is CCOc1cc(C(F)(F)F)ccc1C1=NC(c2ccc(Cl)cc2)C(c2ccc(Cl)cc2)N1C(=O)O.CNCCC#N. The maximum atomic E-state index is 13.3. The second-order valence-electron chi connectivity index (χ2n) is 8.75. The third-order valence-corrected chi connectivity index (χ3v) is 6.54. The summed E-state index contributed by atoms with van der Waals surface area (Å²) in [4.78, 5) is 18.3. The largest absolute Gasteiger partial charge is 0.493 e. The zero-order valence-electron chi connectivity index (χ0n) is 22.1. The van der Waals surface area contributed by atoms with Gasteiger partial charge < -0.3 is 15.2 Å². The number of amidine groups is 1. The van der Waals surface area contributed by atoms with Crippen molar-refractivity contribution in [2.24, 2.45) is 4.99 Å². The van der Waals surface area contributed by atoms with Crippen molar-refractivity contribution in [3.63, 3.8) is 0 Å². The summed E-state index contributed by atoms with van der Waals surface area (Å²) in [5.74, 6) is -0.131. The lowest BCUT2D eigenvalue weighted by Gasteiger charge is -2.27. The average Bonchev–Trinajstić information content (AvgIpc) is 3.33. The van der Waals surface area contributed by atoms with Crippen molar-refractivity contribution in [2.45, 2.75) is 31.6 Å². The number of halogens is 5. The molecule has 1 aliphatic rings. The first kappa shape index (κ1) is 31.7. The van der Waals surface area contributed by atoms with Crippen LogP contribution in [0.1, 0.15) is 47.7 Å². The maximum absolute atomic E-state index is 13.3. The molecule has 7 nitrogen and oxygen atoms in total. The van der Waals surface area contributed by atoms with Gasteiger partial charge in [0.2, 0.25) is 0 Å². The van der Waals surface area contributed by atoms with Gasteiger partial charge in [-0.2, -0.15) is 18.4 Å². The first-order valence-electron chi connectivity index (χ1n) is 12.5. The van der Waals surface area contributed by atoms with Gasteiger partial charge in [-0.05, 0) is 67.6 Å². The number of hydrogen-bond donors (Lipinski definition) is 2. The number of ether oxygens (including phenoxy) is 1. The van der Waals surface area contributed by atoms with E-state index in [0.29, 0.717) is 27.6 Å². The van der Waals surface area contributed by atoms with E-state index in [1.165, 1.54) is 6.07 Å². The first-order chi connectivity index (χ1) is 19.5. The van der Waals surface area contributed by atoms with Gasteiger partial charge in [0.15, 0.2) is 0 Å². The van der Waals surface area contributed by atoms with Crippen LogP contribution in [0.15, 0.2) is 71.7 Å². The molecule has 216 valence electrons. The van der Waals surface area contributed by atoms with Crippen molar-refractivity contribution in [1.29, 1.82) is 5.26 Å². The van der Waals surface area contributed by atoms with Gasteiger partial charge in [0.1, 0.15) is 17.6 Å². The van der Waals surface area contributed by atoms with E-state index in [1.807, 2.05) is 13.1 Å². The molecule has 12 heteroatoms. The molecule has 3 aromatic carbocycles. The molecule has 0 aliphatic carbocycles. The zero-order valence-corrected chi connectivity index (χ0v) is 23.6. The molecule has 0 saturated carbocycles. The molecule has 2 atom stereocenters. The number of nitrogens with zero attached hydrogens (tertiary/aromatic N) is 3. The molecule has 1 amide bonds. The minimum Gasteiger partial charge on any atom is -0.493 e. The molecule has 2 unspecified atom stereocenters. The summed E-state index contributed by atoms with van der Waals surface area (Å²) in [7, 11) is 1.83. The Kier molecular flexibility index (Phi) is 11.0. The summed E-state index contributed by atoms with van der Waals surface area (Å²) >= 11 is 12.1. The lowest BCUT2D eigenvalue weighted by molar-refractivity contribution is -0.137. The van der Waals surface area contributed by atoms with Gasteiger partial charge in [-0.15, -0.1) is 0 Å². The highest BCUT2D eigenvalue weighted by molar-refractivity contribution is 6.30. The number of nitriles is 1. The molecule has 1 heterocycles. The molecule has 0 fully saturated rings. The van der Waals surface area contributed by atoms with Crippen LogP contribution in [0.4, 0.5) is 18.0 Å². The van der Waals surface area contributed by atoms with E-state index in [-0.39, 0.29) is 23.8 Å². The van der Waals surface area contributed by atoms with Crippen LogP contribution in [0.5, 0.6) is 5.75 Å². The van der Waals surface area contributed by atoms with Gasteiger partial charge in [-0.25, -0.2) is 4.79 Å². The highest BCUT2D eigenvalue weighted by Gasteiger charge is 2.43. The number of benzene rings is 3. The van der Waals surface area contributed by atoms with E-state index in [9.17, 15) is 23.1 Å². The molecule has 41 heavy (non-hydrogen) atoms. The van der Waals surface area contributed by atoms with Gasteiger partial charge in [-0.3, -0.25) is 9.89 Å². The molecule has 0 aromatic heterocycles. The first-order valence-corrected chi connectivity index (χ1v) is 13.2. The third kappa shape index (κ3) is 7.91. The van der Waals surface area contributed by atoms with Crippen LogP contribution >= 0.6 is 23.2 Å². The predicted molar refractivity (Wildman–Crippen MR) is 152 cm³/mol. The number of aliphatic imine (C=N–C) groups is 1. The van der Waals surface area contributed by atoms with Crippen LogP contribution in [0, 0.1) is 11.3 Å². The smallest absolute Gasteiger partial charge is 0.416 e. The summed E-state index contributed by atoms with van der Waals surface area (Å²) in [5, 5.41) is 21.9. The molecule has 0 radical (unpaired) electrons. The Bertz CT molecular complexity index is 1410. The summed E-state index contributed by atoms with van der Waals surface area (Å²) < 4.78 is 45.5. The molecule has 0 saturated heterocycles. The molecule has 0 spiro atoms. The fourth-order valence-corrected chi connectivity index (χ4v) is 4.45. The molecular formula is C29H27Cl2F3N4O3. The molecular weight excluding hydrogens is 580 g/mol. The second kappa shape index (κ2) is 14.2. The van der Waals surface area contributed by atoms with Crippen molar-refractivity contribution in [1.82, 2.24) is 10.2 Å². The number of hydrogen-bond acceptors (Lipinski definition) is 5. The fraction of sp³-hybridized carbons (Fsp3) is 0.276. The number of amides is 1. The Balaban J connectivity index is 0.000000696. The van der Waals surface area contributed by atoms with Crippen LogP contribution in [0.25, 0.3) is 0 Å². The Morgan fingerprint density at radius 1 is 1.07 bits per heavy atom. The van der Waals surface area contributed by atoms with Crippen LogP contribution in [0.3, 0.4) is 0 Å². The van der Waals surface area contributed by atoms with Crippen molar-refractivity contribution >= 4 is 35.1 Å². The topological polar surface area (TPSA) is 97.9 Å². The van der Waals surface area contributed by atoms with Gasteiger partial charge in [-0.1, -0.05) is 47.5 Å². The number of rotatable bonds is 7. The van der Waals surface area contributed by atoms with E-state index >= 15 is 0 Å². The predicted octanol–water partition coefficient (Wildman–Crippen LogP) is 7.75. The molecule has 3 aromatic rings. The maximum Gasteiger partial charge on any atom is 0.416 e. The van der Waals surface area contributed by atoms with Crippen molar-refractivity contribution in [3.05, 3.63) is 99.0 Å². The van der Waals surface area contributed by atoms with Crippen molar-refractivity contribution in [2.75, 3.05) is 20.2 Å². The fourth-order valence-electron chi connectivity index (χ4n) is 4.19. The zero-order chi connectivity index (χ0) is 30.2. The third-order valence-electron chi connectivity index (χ3n) is 6.03. The number of carboxylic acid groups (broad SMARTS) is 1. The van der Waals surface area contributed by atoms with Gasteiger partial charge in [0.25, 0.3) is 0 Å². The summed E-state index contributed by atoms with van der Waals surface area (Å²) in [6, 6.07) is 16.9. The minimum absolute atomic E-state index is 0.0189. The molecule has 4 rings (SSSR count). The summed E-state index contributed by atoms with van der Waals surface area (Å²) in [5.41, 5.74) is 0.521. The highest BCUT2D eigenvalue weighted by atomic mass is 35.5. The lowest BCUT2D eigenvalue weighted by atomic mass is 9.94. The van der Waals surface area contributed by atoms with Gasteiger partial charge >= 0.3 is 12.3 Å². The van der Waals surface area contributed by atoms with E-state index in [2.05, 4.69) is 5.32 Å². The second-order valence-corrected chi connectivity index (χ2v) is 9.62. The van der Waals surface area contributed by atoms with E-state index in [4.69, 9.17) is 38.2 Å². The van der Waals surface area contributed by atoms with Crippen molar-refractivity contribution in [3.8, 4) is 11.8 Å². The average molecular weight is 607 g/mol. The lowest BCUT2D eigenvalue weighted by Crippen LogP contribution is -2.37. The Morgan fingerprint density at radius 2 is 1.66 bits per heavy atom. The van der Waals surface area contributed by atoms with Crippen LogP contribution in [-0.2, 0) is 6.18 Å².